The highest BCUT2D eigenvalue weighted by Crippen LogP contribution is 2.36. The second kappa shape index (κ2) is 9.27. The average Bonchev–Trinajstić information content (AvgIpc) is 3.09. The molecule has 0 aliphatic carbocycles. The molecule has 6 nitrogen and oxygen atoms in total. The highest BCUT2D eigenvalue weighted by molar-refractivity contribution is 7.99. The normalized spacial score (nSPS) is 12.0. The van der Waals surface area contributed by atoms with Crippen LogP contribution >= 0.6 is 23.1 Å². The molecular weight excluding hydrogens is 396 g/mol. The van der Waals surface area contributed by atoms with Gasteiger partial charge in [-0.05, 0) is 23.4 Å². The number of methoxy groups -OCH3 is 3. The van der Waals surface area contributed by atoms with Crippen LogP contribution in [0.5, 0.6) is 11.5 Å². The lowest BCUT2D eigenvalue weighted by molar-refractivity contribution is -0.126. The molecule has 1 N–H and O–H groups in total. The maximum absolute atomic E-state index is 12.8. The standard InChI is InChI=1S/C20H22N2O4S2/c1-5-27-13-8-6-12(7-9-13)18(26-4)19(23)22-20-21-14-10-15(24-2)16(25-3)11-17(14)28-20/h6-11,18H,5H2,1-4H3,(H,21,22,23). The number of carbonyl (C=O) groups is 1. The van der Waals surface area contributed by atoms with Crippen molar-refractivity contribution < 1.29 is 19.0 Å². The van der Waals surface area contributed by atoms with Crippen LogP contribution in [-0.4, -0.2) is 38.0 Å². The molecule has 0 aliphatic rings. The smallest absolute Gasteiger partial charge is 0.259 e. The van der Waals surface area contributed by atoms with Gasteiger partial charge in [0.2, 0.25) is 0 Å². The van der Waals surface area contributed by atoms with Gasteiger partial charge in [-0.2, -0.15) is 0 Å². The Morgan fingerprint density at radius 1 is 1.14 bits per heavy atom. The van der Waals surface area contributed by atoms with E-state index in [1.54, 1.807) is 32.0 Å². The molecular formula is C20H22N2O4S2. The van der Waals surface area contributed by atoms with Gasteiger partial charge in [-0.3, -0.25) is 10.1 Å². The Balaban J connectivity index is 1.80. The maximum Gasteiger partial charge on any atom is 0.259 e. The zero-order valence-corrected chi connectivity index (χ0v) is 17.8. The lowest BCUT2D eigenvalue weighted by atomic mass is 10.1. The molecule has 2 aromatic carbocycles. The topological polar surface area (TPSA) is 69.7 Å². The number of anilines is 1. The fourth-order valence-corrected chi connectivity index (χ4v) is 4.32. The first-order valence-corrected chi connectivity index (χ1v) is 10.5. The molecule has 3 rings (SSSR count). The van der Waals surface area contributed by atoms with Crippen molar-refractivity contribution in [1.29, 1.82) is 0 Å². The summed E-state index contributed by atoms with van der Waals surface area (Å²) in [5, 5.41) is 3.35. The third-order valence-electron chi connectivity index (χ3n) is 4.09. The van der Waals surface area contributed by atoms with E-state index >= 15 is 0 Å². The predicted octanol–water partition coefficient (Wildman–Crippen LogP) is 4.75. The summed E-state index contributed by atoms with van der Waals surface area (Å²) in [4.78, 5) is 18.4. The lowest BCUT2D eigenvalue weighted by Crippen LogP contribution is -2.22. The number of thiazole rings is 1. The highest BCUT2D eigenvalue weighted by Gasteiger charge is 2.22. The minimum Gasteiger partial charge on any atom is -0.493 e. The Morgan fingerprint density at radius 3 is 2.43 bits per heavy atom. The van der Waals surface area contributed by atoms with Crippen LogP contribution in [0.15, 0.2) is 41.3 Å². The molecule has 1 aromatic heterocycles. The second-order valence-corrected chi connectivity index (χ2v) is 8.17. The average molecular weight is 419 g/mol. The fourth-order valence-electron chi connectivity index (χ4n) is 2.78. The molecule has 0 aliphatic heterocycles. The van der Waals surface area contributed by atoms with Crippen molar-refractivity contribution in [3.05, 3.63) is 42.0 Å². The fraction of sp³-hybridized carbons (Fsp3) is 0.300. The number of amides is 1. The molecule has 1 unspecified atom stereocenters. The van der Waals surface area contributed by atoms with Gasteiger partial charge in [-0.15, -0.1) is 11.8 Å². The van der Waals surface area contributed by atoms with Crippen LogP contribution in [0, 0.1) is 0 Å². The van der Waals surface area contributed by atoms with Gasteiger partial charge >= 0.3 is 0 Å². The summed E-state index contributed by atoms with van der Waals surface area (Å²) in [6, 6.07) is 11.5. The minimum absolute atomic E-state index is 0.267. The van der Waals surface area contributed by atoms with E-state index in [-0.39, 0.29) is 5.91 Å². The van der Waals surface area contributed by atoms with E-state index in [0.29, 0.717) is 16.6 Å². The van der Waals surface area contributed by atoms with Crippen molar-refractivity contribution in [3.63, 3.8) is 0 Å². The molecule has 0 fully saturated rings. The third kappa shape index (κ3) is 4.40. The summed E-state index contributed by atoms with van der Waals surface area (Å²) in [7, 11) is 4.68. The van der Waals surface area contributed by atoms with E-state index in [9.17, 15) is 4.79 Å². The third-order valence-corrected chi connectivity index (χ3v) is 5.92. The summed E-state index contributed by atoms with van der Waals surface area (Å²) in [5.74, 6) is 1.95. The molecule has 1 amide bonds. The molecule has 28 heavy (non-hydrogen) atoms. The Bertz CT molecular complexity index is 916. The van der Waals surface area contributed by atoms with Gasteiger partial charge in [0.25, 0.3) is 5.91 Å². The number of nitrogens with one attached hydrogen (secondary N) is 1. The molecule has 0 spiro atoms. The molecule has 8 heteroatoms. The number of ether oxygens (including phenoxy) is 3. The predicted molar refractivity (Wildman–Crippen MR) is 114 cm³/mol. The number of hydrogen-bond donors (Lipinski definition) is 1. The summed E-state index contributed by atoms with van der Waals surface area (Å²) < 4.78 is 17.0. The van der Waals surface area contributed by atoms with Gasteiger partial charge in [-0.1, -0.05) is 30.4 Å². The van der Waals surface area contributed by atoms with Gasteiger partial charge in [-0.25, -0.2) is 4.98 Å². The van der Waals surface area contributed by atoms with Gasteiger partial charge in [0.1, 0.15) is 0 Å². The van der Waals surface area contributed by atoms with Crippen molar-refractivity contribution >= 4 is 44.4 Å². The monoisotopic (exact) mass is 418 g/mol. The van der Waals surface area contributed by atoms with Crippen LogP contribution in [0.3, 0.4) is 0 Å². The van der Waals surface area contributed by atoms with E-state index in [1.807, 2.05) is 30.3 Å². The number of nitrogens with zero attached hydrogens (tertiary/aromatic N) is 1. The van der Waals surface area contributed by atoms with Gasteiger partial charge in [0, 0.05) is 24.1 Å². The van der Waals surface area contributed by atoms with Gasteiger partial charge < -0.3 is 14.2 Å². The van der Waals surface area contributed by atoms with Crippen molar-refractivity contribution in [3.8, 4) is 11.5 Å². The first kappa shape index (κ1) is 20.4. The van der Waals surface area contributed by atoms with E-state index in [2.05, 4.69) is 17.2 Å². The van der Waals surface area contributed by atoms with Crippen molar-refractivity contribution in [1.82, 2.24) is 4.98 Å². The molecule has 0 radical (unpaired) electrons. The molecule has 0 saturated carbocycles. The molecule has 1 heterocycles. The van der Waals surface area contributed by atoms with Crippen molar-refractivity contribution in [2.24, 2.45) is 0 Å². The van der Waals surface area contributed by atoms with Crippen LogP contribution < -0.4 is 14.8 Å². The Kier molecular flexibility index (Phi) is 6.77. The first-order chi connectivity index (χ1) is 13.6. The largest absolute Gasteiger partial charge is 0.493 e. The van der Waals surface area contributed by atoms with Crippen LogP contribution in [0.1, 0.15) is 18.6 Å². The summed E-state index contributed by atoms with van der Waals surface area (Å²) in [6.45, 7) is 2.10. The van der Waals surface area contributed by atoms with E-state index in [0.717, 1.165) is 26.4 Å². The Labute approximate surface area is 172 Å². The van der Waals surface area contributed by atoms with Crippen LogP contribution in [-0.2, 0) is 9.53 Å². The zero-order valence-electron chi connectivity index (χ0n) is 16.1. The van der Waals surface area contributed by atoms with E-state index in [4.69, 9.17) is 14.2 Å². The molecule has 0 bridgehead atoms. The van der Waals surface area contributed by atoms with Crippen LogP contribution in [0.4, 0.5) is 5.13 Å². The number of hydrogen-bond acceptors (Lipinski definition) is 7. The van der Waals surface area contributed by atoms with Crippen LogP contribution in [0.25, 0.3) is 10.2 Å². The maximum atomic E-state index is 12.8. The van der Waals surface area contributed by atoms with E-state index in [1.165, 1.54) is 18.4 Å². The summed E-state index contributed by atoms with van der Waals surface area (Å²) >= 11 is 3.12. The Morgan fingerprint density at radius 2 is 1.82 bits per heavy atom. The summed E-state index contributed by atoms with van der Waals surface area (Å²) in [6.07, 6.45) is -0.711. The summed E-state index contributed by atoms with van der Waals surface area (Å²) in [5.41, 5.74) is 1.53. The second-order valence-electron chi connectivity index (χ2n) is 5.80. The number of carbonyl (C=O) groups excluding carboxylic acids is 1. The number of benzene rings is 2. The molecule has 1 atom stereocenters. The van der Waals surface area contributed by atoms with Gasteiger partial charge in [0.05, 0.1) is 24.4 Å². The molecule has 0 saturated heterocycles. The number of fused-ring (bicyclic) bond motifs is 1. The zero-order chi connectivity index (χ0) is 20.1. The molecule has 3 aromatic rings. The quantitative estimate of drug-likeness (QED) is 0.532. The van der Waals surface area contributed by atoms with Gasteiger partial charge in [0.15, 0.2) is 22.7 Å². The Hall–Kier alpha value is -2.29. The lowest BCUT2D eigenvalue weighted by Gasteiger charge is -2.15. The van der Waals surface area contributed by atoms with Crippen molar-refractivity contribution in [2.45, 2.75) is 17.9 Å². The van der Waals surface area contributed by atoms with Crippen molar-refractivity contribution in [2.75, 3.05) is 32.4 Å². The SMILES string of the molecule is CCSc1ccc(C(OC)C(=O)Nc2nc3cc(OC)c(OC)cc3s2)cc1. The van der Waals surface area contributed by atoms with E-state index < -0.39 is 6.10 Å². The minimum atomic E-state index is -0.711. The van der Waals surface area contributed by atoms with Crippen LogP contribution in [0.2, 0.25) is 0 Å². The highest BCUT2D eigenvalue weighted by atomic mass is 32.2. The first-order valence-electron chi connectivity index (χ1n) is 8.68. The number of rotatable bonds is 8. The number of thioether (sulfide) groups is 1. The molecule has 148 valence electrons. The number of aromatic nitrogens is 1.